The van der Waals surface area contributed by atoms with Crippen molar-refractivity contribution in [2.75, 3.05) is 26.7 Å². The summed E-state index contributed by atoms with van der Waals surface area (Å²) in [4.78, 5) is 2.75. The number of ether oxygens (including phenoxy) is 1. The summed E-state index contributed by atoms with van der Waals surface area (Å²) < 4.78 is 5.87. The highest BCUT2D eigenvalue weighted by molar-refractivity contribution is 5.19. The molecule has 0 radical (unpaired) electrons. The van der Waals surface area contributed by atoms with E-state index in [1.54, 1.807) is 0 Å². The minimum atomic E-state index is 0.335. The first-order valence-electron chi connectivity index (χ1n) is 7.62. The lowest BCUT2D eigenvalue weighted by atomic mass is 9.85. The number of likely N-dealkylation sites (N-methyl/N-ethyl adjacent to an activating group) is 1. The molecule has 1 saturated carbocycles. The van der Waals surface area contributed by atoms with Crippen LogP contribution in [0.5, 0.6) is 0 Å². The molecule has 2 fully saturated rings. The summed E-state index contributed by atoms with van der Waals surface area (Å²) in [5, 5.41) is 3.57. The van der Waals surface area contributed by atoms with E-state index in [-0.39, 0.29) is 0 Å². The molecule has 1 atom stereocenters. The van der Waals surface area contributed by atoms with E-state index in [1.807, 2.05) is 0 Å². The Hall–Kier alpha value is -0.540. The summed E-state index contributed by atoms with van der Waals surface area (Å²) in [6.45, 7) is 3.44. The van der Waals surface area contributed by atoms with E-state index in [0.717, 1.165) is 13.0 Å². The van der Waals surface area contributed by atoms with Crippen LogP contribution < -0.4 is 5.32 Å². The Kier molecular flexibility index (Phi) is 3.62. The number of hydrogen-bond acceptors (Lipinski definition) is 3. The van der Waals surface area contributed by atoms with Crippen molar-refractivity contribution in [3.05, 3.63) is 11.8 Å². The van der Waals surface area contributed by atoms with Gasteiger partial charge in [0.25, 0.3) is 0 Å². The molecule has 3 rings (SSSR count). The summed E-state index contributed by atoms with van der Waals surface area (Å²) >= 11 is 0. The van der Waals surface area contributed by atoms with E-state index in [0.29, 0.717) is 11.6 Å². The molecular formula is C15H26N2O. The quantitative estimate of drug-likeness (QED) is 0.828. The van der Waals surface area contributed by atoms with E-state index in [4.69, 9.17) is 4.74 Å². The Bertz CT molecular complexity index is 314. The third-order valence-electron chi connectivity index (χ3n) is 5.05. The first kappa shape index (κ1) is 12.5. The Labute approximate surface area is 111 Å². The Morgan fingerprint density at radius 2 is 1.94 bits per heavy atom. The number of nitrogens with zero attached hydrogens (tertiary/aromatic N) is 1. The van der Waals surface area contributed by atoms with Crippen LogP contribution >= 0.6 is 0 Å². The van der Waals surface area contributed by atoms with Gasteiger partial charge in [-0.15, -0.1) is 0 Å². The van der Waals surface area contributed by atoms with Gasteiger partial charge in [-0.2, -0.15) is 0 Å². The van der Waals surface area contributed by atoms with Crippen LogP contribution in [0.25, 0.3) is 0 Å². The van der Waals surface area contributed by atoms with Crippen molar-refractivity contribution < 1.29 is 4.74 Å². The molecule has 0 amide bonds. The molecule has 0 bridgehead atoms. The highest BCUT2D eigenvalue weighted by atomic mass is 16.5. The summed E-state index contributed by atoms with van der Waals surface area (Å²) in [6, 6.07) is 0.403. The van der Waals surface area contributed by atoms with E-state index < -0.39 is 0 Å². The molecule has 18 heavy (non-hydrogen) atoms. The van der Waals surface area contributed by atoms with E-state index >= 15 is 0 Å². The van der Waals surface area contributed by atoms with Crippen LogP contribution in [0.3, 0.4) is 0 Å². The first-order valence-corrected chi connectivity index (χ1v) is 7.62. The molecule has 2 heterocycles. The van der Waals surface area contributed by atoms with E-state index in [2.05, 4.69) is 23.3 Å². The second-order valence-electron chi connectivity index (χ2n) is 5.97. The lowest BCUT2D eigenvalue weighted by molar-refractivity contribution is 0.0664. The summed E-state index contributed by atoms with van der Waals surface area (Å²) in [5.41, 5.74) is 0.335. The van der Waals surface area contributed by atoms with Gasteiger partial charge in [0.2, 0.25) is 0 Å². The normalized spacial score (nSPS) is 29.3. The molecule has 3 nitrogen and oxygen atoms in total. The zero-order valence-corrected chi connectivity index (χ0v) is 11.6. The number of rotatable bonds is 4. The van der Waals surface area contributed by atoms with Crippen LogP contribution in [0.1, 0.15) is 44.9 Å². The van der Waals surface area contributed by atoms with Gasteiger partial charge in [-0.1, -0.05) is 12.8 Å². The van der Waals surface area contributed by atoms with Crippen LogP contribution in [-0.2, 0) is 4.74 Å². The smallest absolute Gasteiger partial charge is 0.111 e. The predicted octanol–water partition coefficient (Wildman–Crippen LogP) is 2.29. The third kappa shape index (κ3) is 1.97. The second kappa shape index (κ2) is 5.22. The van der Waals surface area contributed by atoms with Gasteiger partial charge < -0.3 is 10.1 Å². The molecule has 0 aromatic rings. The fourth-order valence-electron chi connectivity index (χ4n) is 4.25. The van der Waals surface area contributed by atoms with Crippen LogP contribution in [0.4, 0.5) is 0 Å². The Balaban J connectivity index is 1.86. The zero-order valence-electron chi connectivity index (χ0n) is 11.6. The van der Waals surface area contributed by atoms with Gasteiger partial charge in [0, 0.05) is 12.0 Å². The standard InChI is InChI=1S/C15H26N2O/c1-16-14(13-7-6-12-18-13)15(8-2-3-9-15)17-10-4-5-11-17/h7,14,16H,2-6,8-12H2,1H3. The Morgan fingerprint density at radius 1 is 1.22 bits per heavy atom. The monoisotopic (exact) mass is 250 g/mol. The average Bonchev–Trinajstić information content (AvgIpc) is 3.14. The molecule has 3 aliphatic rings. The lowest BCUT2D eigenvalue weighted by Crippen LogP contribution is -2.59. The van der Waals surface area contributed by atoms with Gasteiger partial charge in [-0.3, -0.25) is 4.90 Å². The van der Waals surface area contributed by atoms with Crippen molar-refractivity contribution >= 4 is 0 Å². The van der Waals surface area contributed by atoms with E-state index in [9.17, 15) is 0 Å². The maximum absolute atomic E-state index is 5.87. The van der Waals surface area contributed by atoms with Crippen molar-refractivity contribution in [3.8, 4) is 0 Å². The minimum absolute atomic E-state index is 0.335. The van der Waals surface area contributed by atoms with Gasteiger partial charge in [0.05, 0.1) is 12.6 Å². The highest BCUT2D eigenvalue weighted by Crippen LogP contribution is 2.42. The molecule has 1 unspecified atom stereocenters. The topological polar surface area (TPSA) is 24.5 Å². The molecule has 102 valence electrons. The maximum atomic E-state index is 5.87. The van der Waals surface area contributed by atoms with Crippen molar-refractivity contribution in [3.63, 3.8) is 0 Å². The van der Waals surface area contributed by atoms with Gasteiger partial charge in [0.1, 0.15) is 5.76 Å². The van der Waals surface area contributed by atoms with Crippen molar-refractivity contribution in [1.29, 1.82) is 0 Å². The molecule has 2 aliphatic heterocycles. The van der Waals surface area contributed by atoms with Crippen molar-refractivity contribution in [2.45, 2.75) is 56.5 Å². The lowest BCUT2D eigenvalue weighted by Gasteiger charge is -2.45. The van der Waals surface area contributed by atoms with Crippen molar-refractivity contribution in [2.24, 2.45) is 0 Å². The number of likely N-dealkylation sites (tertiary alicyclic amines) is 1. The van der Waals surface area contributed by atoms with Gasteiger partial charge >= 0.3 is 0 Å². The van der Waals surface area contributed by atoms with Gasteiger partial charge in [-0.25, -0.2) is 0 Å². The van der Waals surface area contributed by atoms with Gasteiger partial charge in [0.15, 0.2) is 0 Å². The fourth-order valence-corrected chi connectivity index (χ4v) is 4.25. The molecule has 1 saturated heterocycles. The van der Waals surface area contributed by atoms with Crippen LogP contribution in [0, 0.1) is 0 Å². The molecular weight excluding hydrogens is 224 g/mol. The zero-order chi connectivity index (χ0) is 12.4. The molecule has 0 spiro atoms. The average molecular weight is 250 g/mol. The van der Waals surface area contributed by atoms with Crippen LogP contribution in [0.2, 0.25) is 0 Å². The predicted molar refractivity (Wildman–Crippen MR) is 73.5 cm³/mol. The largest absolute Gasteiger partial charge is 0.496 e. The molecule has 0 aromatic carbocycles. The van der Waals surface area contributed by atoms with Crippen LogP contribution in [-0.4, -0.2) is 43.2 Å². The summed E-state index contributed by atoms with van der Waals surface area (Å²) in [7, 11) is 2.10. The third-order valence-corrected chi connectivity index (χ3v) is 5.05. The maximum Gasteiger partial charge on any atom is 0.111 e. The molecule has 0 aromatic heterocycles. The summed E-state index contributed by atoms with van der Waals surface area (Å²) in [5.74, 6) is 1.21. The van der Waals surface area contributed by atoms with Crippen LogP contribution in [0.15, 0.2) is 11.8 Å². The summed E-state index contributed by atoms with van der Waals surface area (Å²) in [6.07, 6.45) is 11.6. The first-order chi connectivity index (χ1) is 8.87. The Morgan fingerprint density at radius 3 is 2.50 bits per heavy atom. The van der Waals surface area contributed by atoms with Gasteiger partial charge in [-0.05, 0) is 51.9 Å². The number of nitrogens with one attached hydrogen (secondary N) is 1. The van der Waals surface area contributed by atoms with E-state index in [1.165, 1.54) is 57.4 Å². The highest BCUT2D eigenvalue weighted by Gasteiger charge is 2.48. The fraction of sp³-hybridized carbons (Fsp3) is 0.867. The minimum Gasteiger partial charge on any atom is -0.496 e. The molecule has 3 heteroatoms. The van der Waals surface area contributed by atoms with Crippen molar-refractivity contribution in [1.82, 2.24) is 10.2 Å². The molecule has 1 aliphatic carbocycles. The number of hydrogen-bond donors (Lipinski definition) is 1. The second-order valence-corrected chi connectivity index (χ2v) is 5.97. The SMILES string of the molecule is CNC(C1=CCCO1)C1(N2CCCC2)CCCC1. The molecule has 1 N–H and O–H groups in total.